The van der Waals surface area contributed by atoms with Gasteiger partial charge in [-0.15, -0.1) is 0 Å². The molecule has 2 aromatic rings. The van der Waals surface area contributed by atoms with Gasteiger partial charge in [0.2, 0.25) is 5.89 Å². The normalized spacial score (nSPS) is 22.2. The Morgan fingerprint density at radius 3 is 2.80 bits per heavy atom. The van der Waals surface area contributed by atoms with Gasteiger partial charge in [0, 0.05) is 25.7 Å². The minimum Gasteiger partial charge on any atom is -0.338 e. The third-order valence-corrected chi connectivity index (χ3v) is 5.12. The average molecular weight is 346 g/mol. The highest BCUT2D eigenvalue weighted by atomic mass is 16.5. The molecule has 3 rings (SSSR count). The summed E-state index contributed by atoms with van der Waals surface area (Å²) in [4.78, 5) is 9.25. The molecule has 0 unspecified atom stereocenters. The minimum atomic E-state index is 0.295. The summed E-state index contributed by atoms with van der Waals surface area (Å²) < 4.78 is 7.40. The second kappa shape index (κ2) is 7.66. The highest BCUT2D eigenvalue weighted by molar-refractivity contribution is 5.10. The summed E-state index contributed by atoms with van der Waals surface area (Å²) in [5.41, 5.74) is 1.29. The van der Waals surface area contributed by atoms with Crippen LogP contribution in [0, 0.1) is 5.92 Å². The Balaban J connectivity index is 1.67. The Labute approximate surface area is 150 Å². The van der Waals surface area contributed by atoms with Crippen LogP contribution in [0.2, 0.25) is 0 Å². The van der Waals surface area contributed by atoms with Crippen molar-refractivity contribution in [2.75, 3.05) is 27.2 Å². The van der Waals surface area contributed by atoms with E-state index >= 15 is 0 Å². The highest BCUT2D eigenvalue weighted by Gasteiger charge is 2.33. The second-order valence-electron chi connectivity index (χ2n) is 7.61. The second-order valence-corrected chi connectivity index (χ2v) is 7.61. The lowest BCUT2D eigenvalue weighted by Crippen LogP contribution is -2.41. The molecule has 2 atom stereocenters. The largest absolute Gasteiger partial charge is 0.338 e. The first kappa shape index (κ1) is 18.1. The molecule has 2 aromatic heterocycles. The Morgan fingerprint density at radius 2 is 2.16 bits per heavy atom. The molecule has 25 heavy (non-hydrogen) atoms. The zero-order chi connectivity index (χ0) is 18.0. The topological polar surface area (TPSA) is 63.2 Å². The molecule has 3 heterocycles. The molecule has 138 valence electrons. The van der Waals surface area contributed by atoms with Gasteiger partial charge in [-0.25, -0.2) is 0 Å². The van der Waals surface area contributed by atoms with E-state index in [-0.39, 0.29) is 0 Å². The van der Waals surface area contributed by atoms with Crippen LogP contribution in [0.3, 0.4) is 0 Å². The van der Waals surface area contributed by atoms with Gasteiger partial charge >= 0.3 is 0 Å². The number of nitrogens with zero attached hydrogens (tertiary/aromatic N) is 6. The molecule has 0 aliphatic carbocycles. The molecule has 7 heteroatoms. The molecule has 0 radical (unpaired) electrons. The summed E-state index contributed by atoms with van der Waals surface area (Å²) in [6.07, 6.45) is 4.36. The van der Waals surface area contributed by atoms with Crippen molar-refractivity contribution in [2.45, 2.75) is 45.2 Å². The van der Waals surface area contributed by atoms with Gasteiger partial charge in [0.05, 0.1) is 18.3 Å². The minimum absolute atomic E-state index is 0.295. The third kappa shape index (κ3) is 4.10. The predicted octanol–water partition coefficient (Wildman–Crippen LogP) is 2.44. The maximum absolute atomic E-state index is 5.40. The van der Waals surface area contributed by atoms with Crippen molar-refractivity contribution in [3.63, 3.8) is 0 Å². The number of hydrogen-bond acceptors (Lipinski definition) is 6. The number of likely N-dealkylation sites (tertiary alicyclic amines) is 1. The number of hydrogen-bond donors (Lipinski definition) is 0. The highest BCUT2D eigenvalue weighted by Crippen LogP contribution is 2.35. The number of aromatic nitrogens is 4. The Hall–Kier alpha value is -1.73. The van der Waals surface area contributed by atoms with E-state index in [1.54, 1.807) is 0 Å². The van der Waals surface area contributed by atoms with Crippen molar-refractivity contribution in [2.24, 2.45) is 13.0 Å². The first-order valence-corrected chi connectivity index (χ1v) is 9.15. The van der Waals surface area contributed by atoms with Crippen LogP contribution in [0.25, 0.3) is 0 Å². The van der Waals surface area contributed by atoms with Crippen molar-refractivity contribution < 1.29 is 4.52 Å². The fraction of sp³-hybridized carbons (Fsp3) is 0.722. The van der Waals surface area contributed by atoms with Crippen molar-refractivity contribution in [1.29, 1.82) is 0 Å². The van der Waals surface area contributed by atoms with Crippen molar-refractivity contribution >= 4 is 0 Å². The lowest BCUT2D eigenvalue weighted by atomic mass is 9.87. The molecule has 0 amide bonds. The van der Waals surface area contributed by atoms with E-state index in [1.807, 2.05) is 17.9 Å². The van der Waals surface area contributed by atoms with Crippen molar-refractivity contribution in [1.82, 2.24) is 29.7 Å². The standard InChI is InChI=1S/C18H30N6O/c1-13(2)18-20-16(25-21-18)12-22(3)11-14-7-6-10-23(4)17(14)15-8-9-19-24(15)5/h8-9,13-14,17H,6-7,10-12H2,1-5H3/t14-,17+/m0/s1. The Morgan fingerprint density at radius 1 is 1.36 bits per heavy atom. The molecule has 1 aliphatic rings. The molecule has 0 aromatic carbocycles. The van der Waals surface area contributed by atoms with E-state index in [2.05, 4.69) is 59.0 Å². The van der Waals surface area contributed by atoms with E-state index in [0.717, 1.165) is 18.9 Å². The molecule has 7 nitrogen and oxygen atoms in total. The van der Waals surface area contributed by atoms with Gasteiger partial charge in [-0.1, -0.05) is 19.0 Å². The van der Waals surface area contributed by atoms with Crippen molar-refractivity contribution in [3.8, 4) is 0 Å². The fourth-order valence-electron chi connectivity index (χ4n) is 3.85. The van der Waals surface area contributed by atoms with Crippen molar-refractivity contribution in [3.05, 3.63) is 29.7 Å². The van der Waals surface area contributed by atoms with Crippen LogP contribution in [0.5, 0.6) is 0 Å². The molecular weight excluding hydrogens is 316 g/mol. The van der Waals surface area contributed by atoms with E-state index in [1.165, 1.54) is 18.5 Å². The van der Waals surface area contributed by atoms with Gasteiger partial charge in [0.15, 0.2) is 5.82 Å². The summed E-state index contributed by atoms with van der Waals surface area (Å²) in [5.74, 6) is 2.34. The monoisotopic (exact) mass is 346 g/mol. The predicted molar refractivity (Wildman–Crippen MR) is 96.0 cm³/mol. The summed E-state index contributed by atoms with van der Waals surface area (Å²) >= 11 is 0. The van der Waals surface area contributed by atoms with Crippen LogP contribution in [-0.2, 0) is 13.6 Å². The first-order chi connectivity index (χ1) is 12.0. The van der Waals surface area contributed by atoms with E-state index in [9.17, 15) is 0 Å². The van der Waals surface area contributed by atoms with Crippen LogP contribution >= 0.6 is 0 Å². The lowest BCUT2D eigenvalue weighted by Gasteiger charge is -2.40. The van der Waals surface area contributed by atoms with Crippen LogP contribution in [-0.4, -0.2) is 56.9 Å². The van der Waals surface area contributed by atoms with Crippen LogP contribution < -0.4 is 0 Å². The van der Waals surface area contributed by atoms with E-state index in [0.29, 0.717) is 30.3 Å². The Bertz CT molecular complexity index is 679. The maximum Gasteiger partial charge on any atom is 0.240 e. The third-order valence-electron chi connectivity index (χ3n) is 5.12. The van der Waals surface area contributed by atoms with Gasteiger partial charge in [0.1, 0.15) is 0 Å². The van der Waals surface area contributed by atoms with E-state index in [4.69, 9.17) is 4.52 Å². The SMILES string of the molecule is CC(C)c1noc(CN(C)C[C@@H]2CCCN(C)[C@H]2c2ccnn2C)n1. The van der Waals surface area contributed by atoms with Crippen LogP contribution in [0.15, 0.2) is 16.8 Å². The number of rotatable bonds is 6. The summed E-state index contributed by atoms with van der Waals surface area (Å²) in [6.45, 7) is 6.98. The fourth-order valence-corrected chi connectivity index (χ4v) is 3.85. The molecule has 0 N–H and O–H groups in total. The molecule has 0 saturated carbocycles. The molecular formula is C18H30N6O. The molecule has 1 aliphatic heterocycles. The maximum atomic E-state index is 5.40. The molecule has 0 bridgehead atoms. The van der Waals surface area contributed by atoms with Gasteiger partial charge < -0.3 is 4.52 Å². The summed E-state index contributed by atoms with van der Waals surface area (Å²) in [5, 5.41) is 8.43. The van der Waals surface area contributed by atoms with Gasteiger partial charge in [-0.3, -0.25) is 14.5 Å². The molecule has 0 spiro atoms. The Kier molecular flexibility index (Phi) is 5.54. The van der Waals surface area contributed by atoms with Gasteiger partial charge in [-0.05, 0) is 45.5 Å². The zero-order valence-electron chi connectivity index (χ0n) is 16.0. The summed E-state index contributed by atoms with van der Waals surface area (Å²) in [6, 6.07) is 2.55. The first-order valence-electron chi connectivity index (χ1n) is 9.15. The average Bonchev–Trinajstić information content (AvgIpc) is 3.17. The number of aryl methyl sites for hydroxylation is 1. The van der Waals surface area contributed by atoms with Gasteiger partial charge in [0.25, 0.3) is 0 Å². The van der Waals surface area contributed by atoms with Gasteiger partial charge in [-0.2, -0.15) is 10.1 Å². The zero-order valence-corrected chi connectivity index (χ0v) is 16.0. The lowest BCUT2D eigenvalue weighted by molar-refractivity contribution is 0.0844. The molecule has 1 fully saturated rings. The quantitative estimate of drug-likeness (QED) is 0.800. The van der Waals surface area contributed by atoms with Crippen LogP contribution in [0.4, 0.5) is 0 Å². The van der Waals surface area contributed by atoms with Crippen LogP contribution in [0.1, 0.15) is 56.1 Å². The summed E-state index contributed by atoms with van der Waals surface area (Å²) in [7, 11) is 6.38. The number of piperidine rings is 1. The molecule has 1 saturated heterocycles. The van der Waals surface area contributed by atoms with E-state index < -0.39 is 0 Å². The smallest absolute Gasteiger partial charge is 0.240 e.